The molecule has 0 radical (unpaired) electrons. The van der Waals surface area contributed by atoms with Gasteiger partial charge >= 0.3 is 0 Å². The molecule has 3 saturated heterocycles. The predicted octanol–water partition coefficient (Wildman–Crippen LogP) is 1.39. The van der Waals surface area contributed by atoms with Gasteiger partial charge in [0.05, 0.1) is 38.3 Å². The summed E-state index contributed by atoms with van der Waals surface area (Å²) in [6, 6.07) is 3.95. The standard InChI is InChI=1S/C18H24N2O4/c21-17(15-3-7-22-11-15)20-12-18(13-20)9-16(4-8-24-18)23-10-14-1-5-19-6-2-14/h1-2,5-6,15-16H,3-4,7-13H2. The number of aromatic nitrogens is 1. The van der Waals surface area contributed by atoms with Crippen LogP contribution >= 0.6 is 0 Å². The average Bonchev–Trinajstić information content (AvgIpc) is 3.13. The lowest BCUT2D eigenvalue weighted by Crippen LogP contribution is -2.68. The number of likely N-dealkylation sites (tertiary alicyclic amines) is 1. The van der Waals surface area contributed by atoms with Gasteiger partial charge in [0.1, 0.15) is 5.60 Å². The van der Waals surface area contributed by atoms with Crippen molar-refractivity contribution in [3.8, 4) is 0 Å². The Bertz CT molecular complexity index is 568. The second-order valence-corrected chi connectivity index (χ2v) is 7.07. The zero-order valence-electron chi connectivity index (χ0n) is 13.9. The maximum Gasteiger partial charge on any atom is 0.228 e. The van der Waals surface area contributed by atoms with E-state index in [0.29, 0.717) is 39.5 Å². The number of hydrogen-bond acceptors (Lipinski definition) is 5. The van der Waals surface area contributed by atoms with Crippen LogP contribution in [0.2, 0.25) is 0 Å². The van der Waals surface area contributed by atoms with E-state index in [1.54, 1.807) is 12.4 Å². The van der Waals surface area contributed by atoms with Crippen molar-refractivity contribution in [3.05, 3.63) is 30.1 Å². The molecule has 6 heteroatoms. The summed E-state index contributed by atoms with van der Waals surface area (Å²) in [5.74, 6) is 0.270. The van der Waals surface area contributed by atoms with Crippen LogP contribution in [0.15, 0.2) is 24.5 Å². The number of nitrogens with zero attached hydrogens (tertiary/aromatic N) is 2. The quantitative estimate of drug-likeness (QED) is 0.834. The van der Waals surface area contributed by atoms with Gasteiger partial charge in [-0.3, -0.25) is 9.78 Å². The summed E-state index contributed by atoms with van der Waals surface area (Å²) in [6.07, 6.45) is 6.39. The SMILES string of the molecule is O=C(C1CCOC1)N1CC2(CC(OCc3ccncc3)CCO2)C1. The van der Waals surface area contributed by atoms with Crippen molar-refractivity contribution in [1.82, 2.24) is 9.88 Å². The van der Waals surface area contributed by atoms with E-state index in [1.807, 2.05) is 17.0 Å². The van der Waals surface area contributed by atoms with E-state index < -0.39 is 0 Å². The van der Waals surface area contributed by atoms with E-state index >= 15 is 0 Å². The van der Waals surface area contributed by atoms with E-state index in [4.69, 9.17) is 14.2 Å². The van der Waals surface area contributed by atoms with Crippen LogP contribution in [0, 0.1) is 5.92 Å². The van der Waals surface area contributed by atoms with Gasteiger partial charge in [-0.1, -0.05) is 0 Å². The first kappa shape index (κ1) is 16.0. The Morgan fingerprint density at radius 3 is 2.88 bits per heavy atom. The van der Waals surface area contributed by atoms with Crippen molar-refractivity contribution in [2.24, 2.45) is 5.92 Å². The minimum absolute atomic E-state index is 0.0460. The zero-order chi connectivity index (χ0) is 16.4. The fraction of sp³-hybridized carbons (Fsp3) is 0.667. The number of rotatable bonds is 4. The molecular formula is C18H24N2O4. The molecule has 1 aromatic heterocycles. The van der Waals surface area contributed by atoms with Gasteiger partial charge < -0.3 is 19.1 Å². The van der Waals surface area contributed by atoms with Gasteiger partial charge in [0.2, 0.25) is 5.91 Å². The summed E-state index contributed by atoms with van der Waals surface area (Å²) in [5, 5.41) is 0. The molecule has 0 aliphatic carbocycles. The Morgan fingerprint density at radius 1 is 1.29 bits per heavy atom. The molecule has 2 atom stereocenters. The van der Waals surface area contributed by atoms with Crippen LogP contribution in [-0.4, -0.2) is 60.4 Å². The van der Waals surface area contributed by atoms with Crippen molar-refractivity contribution in [1.29, 1.82) is 0 Å². The third-order valence-corrected chi connectivity index (χ3v) is 5.23. The summed E-state index contributed by atoms with van der Waals surface area (Å²) in [4.78, 5) is 18.3. The maximum absolute atomic E-state index is 12.4. The van der Waals surface area contributed by atoms with Crippen LogP contribution in [0.3, 0.4) is 0 Å². The monoisotopic (exact) mass is 332 g/mol. The van der Waals surface area contributed by atoms with Crippen LogP contribution in [0.4, 0.5) is 0 Å². The number of carbonyl (C=O) groups is 1. The van der Waals surface area contributed by atoms with Crippen molar-refractivity contribution < 1.29 is 19.0 Å². The fourth-order valence-corrected chi connectivity index (χ4v) is 3.83. The Balaban J connectivity index is 1.27. The summed E-state index contributed by atoms with van der Waals surface area (Å²) in [7, 11) is 0. The number of amides is 1. The van der Waals surface area contributed by atoms with Crippen LogP contribution < -0.4 is 0 Å². The Hall–Kier alpha value is -1.50. The highest BCUT2D eigenvalue weighted by molar-refractivity contribution is 5.80. The molecule has 1 spiro atoms. The molecule has 0 saturated carbocycles. The molecule has 6 nitrogen and oxygen atoms in total. The molecule has 0 N–H and O–H groups in total. The minimum atomic E-state index is -0.198. The smallest absolute Gasteiger partial charge is 0.228 e. The molecule has 1 aromatic rings. The Labute approximate surface area is 142 Å². The van der Waals surface area contributed by atoms with Gasteiger partial charge in [0, 0.05) is 32.0 Å². The lowest BCUT2D eigenvalue weighted by molar-refractivity contribution is -0.204. The third-order valence-electron chi connectivity index (χ3n) is 5.23. The van der Waals surface area contributed by atoms with E-state index in [9.17, 15) is 4.79 Å². The third kappa shape index (κ3) is 3.31. The highest BCUT2D eigenvalue weighted by Gasteiger charge is 2.50. The second kappa shape index (κ2) is 6.78. The maximum atomic E-state index is 12.4. The van der Waals surface area contributed by atoms with Crippen LogP contribution in [0.1, 0.15) is 24.8 Å². The number of pyridine rings is 1. The van der Waals surface area contributed by atoms with E-state index in [0.717, 1.165) is 24.8 Å². The number of hydrogen-bond donors (Lipinski definition) is 0. The van der Waals surface area contributed by atoms with Crippen LogP contribution in [0.25, 0.3) is 0 Å². The van der Waals surface area contributed by atoms with Crippen LogP contribution in [-0.2, 0) is 25.6 Å². The highest BCUT2D eigenvalue weighted by Crippen LogP contribution is 2.36. The Morgan fingerprint density at radius 2 is 2.12 bits per heavy atom. The first-order valence-electron chi connectivity index (χ1n) is 8.75. The summed E-state index contributed by atoms with van der Waals surface area (Å²) < 4.78 is 17.4. The molecule has 4 heterocycles. The topological polar surface area (TPSA) is 60.9 Å². The average molecular weight is 332 g/mol. The normalized spacial score (nSPS) is 28.8. The van der Waals surface area contributed by atoms with Crippen LogP contribution in [0.5, 0.6) is 0 Å². The van der Waals surface area contributed by atoms with E-state index in [-0.39, 0.29) is 23.5 Å². The second-order valence-electron chi connectivity index (χ2n) is 7.07. The first-order chi connectivity index (χ1) is 11.7. The van der Waals surface area contributed by atoms with Crippen molar-refractivity contribution >= 4 is 5.91 Å². The fourth-order valence-electron chi connectivity index (χ4n) is 3.83. The van der Waals surface area contributed by atoms with Crippen molar-refractivity contribution in [3.63, 3.8) is 0 Å². The van der Waals surface area contributed by atoms with Gasteiger partial charge in [-0.15, -0.1) is 0 Å². The van der Waals surface area contributed by atoms with Crippen molar-refractivity contribution in [2.45, 2.75) is 37.6 Å². The molecule has 0 bridgehead atoms. The molecule has 4 rings (SSSR count). The van der Waals surface area contributed by atoms with E-state index in [2.05, 4.69) is 4.98 Å². The molecule has 3 fully saturated rings. The zero-order valence-corrected chi connectivity index (χ0v) is 13.9. The molecule has 130 valence electrons. The Kier molecular flexibility index (Phi) is 4.52. The predicted molar refractivity (Wildman–Crippen MR) is 86.2 cm³/mol. The molecule has 1 amide bonds. The minimum Gasteiger partial charge on any atom is -0.381 e. The molecule has 2 unspecified atom stereocenters. The van der Waals surface area contributed by atoms with Crippen molar-refractivity contribution in [2.75, 3.05) is 32.9 Å². The summed E-state index contributed by atoms with van der Waals surface area (Å²) in [6.45, 7) is 3.97. The van der Waals surface area contributed by atoms with Gasteiger partial charge in [0.15, 0.2) is 0 Å². The molecule has 3 aliphatic heterocycles. The molecular weight excluding hydrogens is 308 g/mol. The van der Waals surface area contributed by atoms with Gasteiger partial charge in [-0.25, -0.2) is 0 Å². The number of carbonyl (C=O) groups excluding carboxylic acids is 1. The molecule has 3 aliphatic rings. The van der Waals surface area contributed by atoms with Gasteiger partial charge in [-0.2, -0.15) is 0 Å². The lowest BCUT2D eigenvalue weighted by Gasteiger charge is -2.53. The molecule has 24 heavy (non-hydrogen) atoms. The van der Waals surface area contributed by atoms with Gasteiger partial charge in [0.25, 0.3) is 0 Å². The summed E-state index contributed by atoms with van der Waals surface area (Å²) >= 11 is 0. The summed E-state index contributed by atoms with van der Waals surface area (Å²) in [5.41, 5.74) is 0.938. The van der Waals surface area contributed by atoms with Gasteiger partial charge in [-0.05, 0) is 30.5 Å². The first-order valence-corrected chi connectivity index (χ1v) is 8.75. The number of ether oxygens (including phenoxy) is 3. The molecule has 0 aromatic carbocycles. The highest BCUT2D eigenvalue weighted by atomic mass is 16.5. The lowest BCUT2D eigenvalue weighted by atomic mass is 9.84. The largest absolute Gasteiger partial charge is 0.381 e. The van der Waals surface area contributed by atoms with E-state index in [1.165, 1.54) is 0 Å².